The number of aromatic nitrogens is 3. The molecule has 0 bridgehead atoms. The summed E-state index contributed by atoms with van der Waals surface area (Å²) in [5.41, 5.74) is 9.69. The van der Waals surface area contributed by atoms with E-state index in [-0.39, 0.29) is 85.4 Å². The zero-order valence-corrected chi connectivity index (χ0v) is 81.0. The van der Waals surface area contributed by atoms with E-state index in [9.17, 15) is 57.8 Å². The largest absolute Gasteiger partial charge is 0.478 e. The van der Waals surface area contributed by atoms with Crippen LogP contribution < -0.4 is 47.9 Å². The molecule has 1 saturated heterocycles. The third kappa shape index (κ3) is 38.9. The molecule has 2 fully saturated rings. The summed E-state index contributed by atoms with van der Waals surface area (Å²) in [7, 11) is 3.17. The fourth-order valence-electron chi connectivity index (χ4n) is 15.9. The standard InChI is InChI=1S/C96H148N14O25/c1-66(2)78(62-67(3)93(121)122)108(12)92(120)86(94(6,7)8)104-91(119)85(98-11)95(9,10)72-19-17-20-73(63-72)102-90(118)76(64-79(97)111)103-88(116)69(5)101-87(115)68(4)100-80(112)27-36-123-38-40-125-42-44-127-46-48-129-50-52-131-54-56-133-58-60-135-61-59-134-57-55-132-53-51-130-49-47-128-45-43-126-41-39-124-37-28-81(113)109-34-31-96(32-35-109)29-24-70(25-30-96)89(117)99-33-26-82(114)110-65-71-18-13-14-21-74(71)83-84(106-107-105-83)75-22-15-16-23-77(75)110/h13-23,62-63,66,68-70,76,78,85-86,98H,24-61,64-65H2,1-12H3,(H2,97,111)(H,99,117)(H,100,112)(H,101,115)(H,102,118)(H,103,116)(H,104,119)(H,121,122)(H,105,106,107)/b67-62+. The molecule has 2 aliphatic heterocycles. The molecule has 39 nitrogen and oxygen atoms in total. The van der Waals surface area contributed by atoms with Gasteiger partial charge in [0.05, 0.1) is 209 Å². The number of amides is 10. The number of rotatable bonds is 65. The van der Waals surface area contributed by atoms with Gasteiger partial charge in [-0.25, -0.2) is 4.79 Å². The smallest absolute Gasteiger partial charge is 0.331 e. The molecule has 135 heavy (non-hydrogen) atoms. The maximum atomic E-state index is 14.3. The Labute approximate surface area is 793 Å². The average Bonchev–Trinajstić information content (AvgIpc) is 1.69. The number of hydrogen-bond donors (Lipinski definition) is 10. The Morgan fingerprint density at radius 1 is 0.541 bits per heavy atom. The Hall–Kier alpha value is -9.85. The van der Waals surface area contributed by atoms with Gasteiger partial charge in [0, 0.05) is 73.2 Å². The van der Waals surface area contributed by atoms with Gasteiger partial charge in [-0.05, 0) is 112 Å². The van der Waals surface area contributed by atoms with Crippen LogP contribution in [0, 0.1) is 22.7 Å². The van der Waals surface area contributed by atoms with Gasteiger partial charge in [0.15, 0.2) is 0 Å². The van der Waals surface area contributed by atoms with E-state index in [0.29, 0.717) is 189 Å². The number of fused-ring (bicyclic) bond motifs is 5. The second-order valence-corrected chi connectivity index (χ2v) is 35.7. The summed E-state index contributed by atoms with van der Waals surface area (Å²) in [4.78, 5) is 151. The molecule has 752 valence electrons. The number of para-hydroxylation sites is 1. The lowest BCUT2D eigenvalue weighted by atomic mass is 9.65. The predicted octanol–water partition coefficient (Wildman–Crippen LogP) is 5.21. The van der Waals surface area contributed by atoms with Crippen LogP contribution in [0.3, 0.4) is 0 Å². The first kappa shape index (κ1) is 112. The number of likely N-dealkylation sites (N-methyl/N-ethyl adjacent to an activating group) is 2. The van der Waals surface area contributed by atoms with E-state index in [1.54, 1.807) is 57.1 Å². The van der Waals surface area contributed by atoms with E-state index in [0.717, 1.165) is 66.6 Å². The number of H-pyrrole nitrogens is 1. The van der Waals surface area contributed by atoms with Crippen LogP contribution in [-0.2, 0) is 126 Å². The van der Waals surface area contributed by atoms with Crippen molar-refractivity contribution in [1.82, 2.24) is 57.1 Å². The number of carbonyl (C=O) groups excluding carboxylic acids is 10. The molecule has 1 spiro atoms. The maximum absolute atomic E-state index is 14.3. The van der Waals surface area contributed by atoms with Gasteiger partial charge in [-0.1, -0.05) is 109 Å². The molecular weight excluding hydrogens is 1750 g/mol. The maximum Gasteiger partial charge on any atom is 0.331 e. The van der Waals surface area contributed by atoms with Crippen LogP contribution in [0.25, 0.3) is 22.5 Å². The van der Waals surface area contributed by atoms with Gasteiger partial charge >= 0.3 is 5.97 Å². The van der Waals surface area contributed by atoms with Crippen molar-refractivity contribution in [3.63, 3.8) is 0 Å². The number of carbonyl (C=O) groups is 11. The topological polar surface area (TPSA) is 490 Å². The van der Waals surface area contributed by atoms with Crippen molar-refractivity contribution in [3.8, 4) is 22.5 Å². The number of aromatic amines is 1. The molecule has 1 aliphatic carbocycles. The van der Waals surface area contributed by atoms with Crippen molar-refractivity contribution in [2.75, 3.05) is 216 Å². The van der Waals surface area contributed by atoms with Gasteiger partial charge in [0.25, 0.3) is 0 Å². The summed E-state index contributed by atoms with van der Waals surface area (Å²) >= 11 is 0. The van der Waals surface area contributed by atoms with E-state index < -0.39 is 101 Å². The van der Waals surface area contributed by atoms with Crippen molar-refractivity contribution in [3.05, 3.63) is 95.6 Å². The minimum atomic E-state index is -1.48. The summed E-state index contributed by atoms with van der Waals surface area (Å²) in [6, 6.07) is 15.9. The molecule has 6 atom stereocenters. The quantitative estimate of drug-likeness (QED) is 0.0200. The van der Waals surface area contributed by atoms with Crippen molar-refractivity contribution >= 4 is 76.4 Å². The SMILES string of the molecule is CNC(C(=O)NC(C(=O)N(C)C(/C=C(\C)C(=O)O)C(C)C)C(C)(C)C)C(C)(C)c1cccc(NC(=O)C(CC(N)=O)NC(=O)C(C)NC(=O)C(C)NC(=O)CCOCCOCCOCCOCCOCCOCCOCCOCCOCCOCCOCCOCCOCCC(=O)N2CCC3(CCC(C(=O)NCCC(=O)N4Cc5ccccc5-c5n[nH]nc5-c5ccccc54)CC3)CC2)c1. The lowest BCUT2D eigenvalue weighted by Gasteiger charge is -2.45. The first-order valence-electron chi connectivity index (χ1n) is 47.0. The first-order valence-corrected chi connectivity index (χ1v) is 47.0. The zero-order chi connectivity index (χ0) is 98.1. The Balaban J connectivity index is 0.575. The molecule has 3 heterocycles. The summed E-state index contributed by atoms with van der Waals surface area (Å²) in [6.07, 6.45) is 6.69. The number of carboxylic acid groups (broad SMARTS) is 1. The number of benzene rings is 3. The van der Waals surface area contributed by atoms with Gasteiger partial charge in [0.2, 0.25) is 59.1 Å². The van der Waals surface area contributed by atoms with E-state index in [1.807, 2.05) is 88.0 Å². The number of nitrogens with two attached hydrogens (primary N) is 1. The van der Waals surface area contributed by atoms with Crippen molar-refractivity contribution in [2.45, 2.75) is 182 Å². The van der Waals surface area contributed by atoms with Gasteiger partial charge in [-0.15, -0.1) is 0 Å². The number of nitrogens with one attached hydrogen (secondary N) is 8. The molecule has 7 rings (SSSR count). The molecule has 1 aromatic heterocycles. The van der Waals surface area contributed by atoms with Crippen LogP contribution in [-0.4, -0.2) is 337 Å². The van der Waals surface area contributed by atoms with Crippen LogP contribution in [0.1, 0.15) is 145 Å². The van der Waals surface area contributed by atoms with E-state index in [4.69, 9.17) is 67.3 Å². The minimum absolute atomic E-state index is 0.00382. The molecule has 11 N–H and O–H groups in total. The number of hydrogen-bond acceptors (Lipinski definition) is 27. The third-order valence-corrected chi connectivity index (χ3v) is 23.9. The van der Waals surface area contributed by atoms with Crippen LogP contribution >= 0.6 is 0 Å². The zero-order valence-electron chi connectivity index (χ0n) is 81.0. The van der Waals surface area contributed by atoms with Gasteiger partial charge < -0.3 is 124 Å². The molecule has 0 radical (unpaired) electrons. The average molecular weight is 1900 g/mol. The van der Waals surface area contributed by atoms with Gasteiger partial charge in [0.1, 0.15) is 35.6 Å². The van der Waals surface area contributed by atoms with Crippen molar-refractivity contribution < 1.29 is 119 Å². The van der Waals surface area contributed by atoms with E-state index in [1.165, 1.54) is 31.7 Å². The molecule has 10 amide bonds. The Morgan fingerprint density at radius 3 is 1.48 bits per heavy atom. The molecule has 3 aromatic carbocycles. The third-order valence-electron chi connectivity index (χ3n) is 23.9. The second-order valence-electron chi connectivity index (χ2n) is 35.7. The lowest BCUT2D eigenvalue weighted by Crippen LogP contribution is -2.61. The first-order chi connectivity index (χ1) is 64.7. The van der Waals surface area contributed by atoms with Gasteiger partial charge in [-0.2, -0.15) is 15.4 Å². The minimum Gasteiger partial charge on any atom is -0.478 e. The number of primary amides is 1. The molecular formula is C96H148N14O25. The fraction of sp³-hybridized carbons (Fsp3) is 0.656. The summed E-state index contributed by atoms with van der Waals surface area (Å²) in [5, 5.41) is 40.6. The normalized spacial score (nSPS) is 15.3. The number of nitrogens with zero attached hydrogens (tertiary/aromatic N) is 5. The molecule has 1 saturated carbocycles. The Bertz CT molecular complexity index is 4360. The number of piperidine rings is 1. The van der Waals surface area contributed by atoms with Crippen molar-refractivity contribution in [2.24, 2.45) is 28.4 Å². The lowest BCUT2D eigenvalue weighted by molar-refractivity contribution is -0.141. The van der Waals surface area contributed by atoms with E-state index >= 15 is 0 Å². The van der Waals surface area contributed by atoms with Gasteiger partial charge in [-0.3, -0.25) is 47.9 Å². The number of aliphatic carboxylic acids is 1. The van der Waals surface area contributed by atoms with Crippen LogP contribution in [0.5, 0.6) is 0 Å². The fourth-order valence-corrected chi connectivity index (χ4v) is 15.9. The molecule has 39 heteroatoms. The number of carboxylic acids is 1. The van der Waals surface area contributed by atoms with E-state index in [2.05, 4.69) is 52.6 Å². The second kappa shape index (κ2) is 60.0. The van der Waals surface area contributed by atoms with Crippen LogP contribution in [0.2, 0.25) is 0 Å². The van der Waals surface area contributed by atoms with Crippen molar-refractivity contribution in [1.29, 1.82) is 0 Å². The molecule has 4 aromatic rings. The summed E-state index contributed by atoms with van der Waals surface area (Å²) in [6.45, 7) is 28.8. The van der Waals surface area contributed by atoms with Crippen LogP contribution in [0.15, 0.2) is 84.4 Å². The Morgan fingerprint density at radius 2 is 1.00 bits per heavy atom. The number of ether oxygens (including phenoxy) is 13. The highest BCUT2D eigenvalue weighted by Crippen LogP contribution is 2.47. The highest BCUT2D eigenvalue weighted by atomic mass is 16.6. The molecule has 6 unspecified atom stereocenters. The predicted molar refractivity (Wildman–Crippen MR) is 502 cm³/mol. The number of anilines is 2. The highest BCUT2D eigenvalue weighted by Gasteiger charge is 2.44. The highest BCUT2D eigenvalue weighted by molar-refractivity contribution is 6.02. The van der Waals surface area contributed by atoms with Crippen LogP contribution in [0.4, 0.5) is 11.4 Å². The summed E-state index contributed by atoms with van der Waals surface area (Å²) < 4.78 is 72.4. The monoisotopic (exact) mass is 1900 g/mol. The number of likely N-dealkylation sites (tertiary alicyclic amines) is 1. The molecule has 3 aliphatic rings. The summed E-state index contributed by atoms with van der Waals surface area (Å²) in [5.74, 6) is -5.99. The Kier molecular flexibility index (Phi) is 49.8.